The summed E-state index contributed by atoms with van der Waals surface area (Å²) >= 11 is 5.76. The van der Waals surface area contributed by atoms with E-state index >= 15 is 0 Å². The minimum Gasteiger partial charge on any atom is -0.487 e. The zero-order chi connectivity index (χ0) is 15.4. The van der Waals surface area contributed by atoms with Crippen molar-refractivity contribution >= 4 is 11.6 Å². The van der Waals surface area contributed by atoms with Crippen LogP contribution in [0.25, 0.3) is 0 Å². The van der Waals surface area contributed by atoms with Crippen molar-refractivity contribution in [1.29, 1.82) is 0 Å². The number of pyridine rings is 1. The molecule has 5 heteroatoms. The number of benzene rings is 1. The van der Waals surface area contributed by atoms with E-state index in [2.05, 4.69) is 4.98 Å². The summed E-state index contributed by atoms with van der Waals surface area (Å²) < 4.78 is 19.5. The molecule has 3 nitrogen and oxygen atoms in total. The lowest BCUT2D eigenvalue weighted by atomic mass is 10.1. The summed E-state index contributed by atoms with van der Waals surface area (Å²) in [5, 5.41) is 0.0916. The third-order valence-corrected chi connectivity index (χ3v) is 3.29. The van der Waals surface area contributed by atoms with Gasteiger partial charge in [-0.2, -0.15) is 0 Å². The Hall–Kier alpha value is -1.65. The third-order valence-electron chi connectivity index (χ3n) is 3.00. The van der Waals surface area contributed by atoms with Crippen molar-refractivity contribution in [3.8, 4) is 5.75 Å². The molecule has 1 aromatic heterocycles. The van der Waals surface area contributed by atoms with Gasteiger partial charge in [0.05, 0.1) is 10.7 Å². The van der Waals surface area contributed by atoms with Gasteiger partial charge in [0.15, 0.2) is 0 Å². The van der Waals surface area contributed by atoms with E-state index in [4.69, 9.17) is 22.1 Å². The van der Waals surface area contributed by atoms with Crippen LogP contribution in [0.2, 0.25) is 5.02 Å². The number of rotatable bonds is 5. The molecule has 1 atom stereocenters. The van der Waals surface area contributed by atoms with Gasteiger partial charge in [-0.1, -0.05) is 23.7 Å². The molecule has 0 spiro atoms. The lowest BCUT2D eigenvalue weighted by molar-refractivity contribution is 0.294. The fraction of sp³-hybridized carbons (Fsp3) is 0.312. The third kappa shape index (κ3) is 4.16. The quantitative estimate of drug-likeness (QED) is 0.917. The summed E-state index contributed by atoms with van der Waals surface area (Å²) in [6.07, 6.45) is 0.606. The summed E-state index contributed by atoms with van der Waals surface area (Å²) in [6.45, 7) is 3.92. The lowest BCUT2D eigenvalue weighted by Gasteiger charge is -2.13. The van der Waals surface area contributed by atoms with E-state index in [1.54, 1.807) is 12.1 Å². The van der Waals surface area contributed by atoms with Crippen LogP contribution in [0.1, 0.15) is 23.9 Å². The van der Waals surface area contributed by atoms with Crippen LogP contribution in [-0.2, 0) is 13.0 Å². The second kappa shape index (κ2) is 6.87. The van der Waals surface area contributed by atoms with Crippen LogP contribution in [0.4, 0.5) is 4.39 Å². The van der Waals surface area contributed by atoms with Crippen LogP contribution >= 0.6 is 11.6 Å². The Morgan fingerprint density at radius 3 is 2.81 bits per heavy atom. The van der Waals surface area contributed by atoms with E-state index in [9.17, 15) is 4.39 Å². The molecule has 0 aliphatic carbocycles. The molecule has 1 unspecified atom stereocenters. The monoisotopic (exact) mass is 308 g/mol. The van der Waals surface area contributed by atoms with Gasteiger partial charge in [-0.05, 0) is 32.0 Å². The van der Waals surface area contributed by atoms with Crippen molar-refractivity contribution in [2.24, 2.45) is 5.73 Å². The zero-order valence-corrected chi connectivity index (χ0v) is 12.8. The van der Waals surface area contributed by atoms with Gasteiger partial charge in [0.25, 0.3) is 0 Å². The molecule has 0 fully saturated rings. The standard InChI is InChI=1S/C16H18ClFN2O/c1-10(19)8-14-15(7-6-11(2)20-14)21-9-12-4-3-5-13(17)16(12)18/h3-7,10H,8-9,19H2,1-2H3. The average molecular weight is 309 g/mol. The van der Waals surface area contributed by atoms with Gasteiger partial charge in [0.1, 0.15) is 18.2 Å². The second-order valence-corrected chi connectivity index (χ2v) is 5.49. The lowest BCUT2D eigenvalue weighted by Crippen LogP contribution is -2.19. The molecule has 1 heterocycles. The molecule has 0 aliphatic heterocycles. The van der Waals surface area contributed by atoms with Crippen molar-refractivity contribution in [3.05, 3.63) is 58.1 Å². The Balaban J connectivity index is 2.18. The molecule has 1 aromatic carbocycles. The minimum atomic E-state index is -0.451. The zero-order valence-electron chi connectivity index (χ0n) is 12.1. The molecule has 2 N–H and O–H groups in total. The molecule has 0 saturated heterocycles. The molecule has 0 radical (unpaired) electrons. The normalized spacial score (nSPS) is 12.2. The Labute approximate surface area is 128 Å². The minimum absolute atomic E-state index is 0.0236. The smallest absolute Gasteiger partial charge is 0.148 e. The van der Waals surface area contributed by atoms with Crippen LogP contribution in [0, 0.1) is 12.7 Å². The molecule has 0 aliphatic rings. The Kier molecular flexibility index (Phi) is 5.15. The number of nitrogens with zero attached hydrogens (tertiary/aromatic N) is 1. The van der Waals surface area contributed by atoms with Crippen LogP contribution in [0.15, 0.2) is 30.3 Å². The first kappa shape index (κ1) is 15.7. The predicted octanol–water partition coefficient (Wildman–Crippen LogP) is 3.65. The van der Waals surface area contributed by atoms with Crippen molar-refractivity contribution < 1.29 is 9.13 Å². The summed E-state index contributed by atoms with van der Waals surface area (Å²) in [5.74, 6) is 0.172. The van der Waals surface area contributed by atoms with E-state index in [0.29, 0.717) is 17.7 Å². The number of hydrogen-bond acceptors (Lipinski definition) is 3. The maximum atomic E-state index is 13.8. The highest BCUT2D eigenvalue weighted by molar-refractivity contribution is 6.30. The van der Waals surface area contributed by atoms with Crippen molar-refractivity contribution in [3.63, 3.8) is 0 Å². The van der Waals surface area contributed by atoms with Crippen LogP contribution in [0.3, 0.4) is 0 Å². The Morgan fingerprint density at radius 1 is 1.33 bits per heavy atom. The van der Waals surface area contributed by atoms with Crippen molar-refractivity contribution in [1.82, 2.24) is 4.98 Å². The Bertz CT molecular complexity index is 632. The SMILES string of the molecule is Cc1ccc(OCc2cccc(Cl)c2F)c(CC(C)N)n1. The molecule has 0 amide bonds. The number of nitrogens with two attached hydrogens (primary N) is 1. The number of ether oxygens (including phenoxy) is 1. The number of aryl methyl sites for hydroxylation is 1. The Morgan fingerprint density at radius 2 is 2.10 bits per heavy atom. The van der Waals surface area contributed by atoms with Crippen LogP contribution in [-0.4, -0.2) is 11.0 Å². The molecular weight excluding hydrogens is 291 g/mol. The largest absolute Gasteiger partial charge is 0.487 e. The van der Waals surface area contributed by atoms with Gasteiger partial charge in [0.2, 0.25) is 0 Å². The van der Waals surface area contributed by atoms with Gasteiger partial charge in [-0.15, -0.1) is 0 Å². The molecule has 0 saturated carbocycles. The summed E-state index contributed by atoms with van der Waals surface area (Å²) in [4.78, 5) is 4.44. The maximum absolute atomic E-state index is 13.8. The molecule has 2 aromatic rings. The fourth-order valence-corrected chi connectivity index (χ4v) is 2.19. The number of hydrogen-bond donors (Lipinski definition) is 1. The summed E-state index contributed by atoms with van der Waals surface area (Å²) in [7, 11) is 0. The number of aromatic nitrogens is 1. The van der Waals surface area contributed by atoms with Gasteiger partial charge in [0, 0.05) is 23.7 Å². The first-order valence-corrected chi connectivity index (χ1v) is 7.13. The van der Waals surface area contributed by atoms with Gasteiger partial charge < -0.3 is 10.5 Å². The first-order chi connectivity index (χ1) is 9.97. The van der Waals surface area contributed by atoms with E-state index in [0.717, 1.165) is 11.4 Å². The highest BCUT2D eigenvalue weighted by atomic mass is 35.5. The van der Waals surface area contributed by atoms with Gasteiger partial charge in [-0.25, -0.2) is 4.39 Å². The average Bonchev–Trinajstić information content (AvgIpc) is 2.41. The number of halogens is 2. The molecule has 2 rings (SSSR count). The van der Waals surface area contributed by atoms with E-state index < -0.39 is 5.82 Å². The van der Waals surface area contributed by atoms with E-state index in [1.807, 2.05) is 26.0 Å². The predicted molar refractivity (Wildman–Crippen MR) is 82.1 cm³/mol. The van der Waals surface area contributed by atoms with Crippen molar-refractivity contribution in [2.45, 2.75) is 32.9 Å². The molecule has 0 bridgehead atoms. The first-order valence-electron chi connectivity index (χ1n) is 6.75. The van der Waals surface area contributed by atoms with Gasteiger partial charge >= 0.3 is 0 Å². The molecule has 21 heavy (non-hydrogen) atoms. The molecular formula is C16H18ClFN2O. The fourth-order valence-electron chi connectivity index (χ4n) is 2.00. The van der Waals surface area contributed by atoms with Crippen LogP contribution in [0.5, 0.6) is 5.75 Å². The van der Waals surface area contributed by atoms with Crippen LogP contribution < -0.4 is 10.5 Å². The maximum Gasteiger partial charge on any atom is 0.148 e. The van der Waals surface area contributed by atoms with E-state index in [-0.39, 0.29) is 17.7 Å². The summed E-state index contributed by atoms with van der Waals surface area (Å²) in [5.41, 5.74) is 7.91. The topological polar surface area (TPSA) is 48.1 Å². The van der Waals surface area contributed by atoms with Gasteiger partial charge in [-0.3, -0.25) is 4.98 Å². The second-order valence-electron chi connectivity index (χ2n) is 5.08. The highest BCUT2D eigenvalue weighted by Crippen LogP contribution is 2.22. The molecule has 112 valence electrons. The summed E-state index contributed by atoms with van der Waals surface area (Å²) in [6, 6.07) is 8.52. The van der Waals surface area contributed by atoms with E-state index in [1.165, 1.54) is 6.07 Å². The highest BCUT2D eigenvalue weighted by Gasteiger charge is 2.11. The van der Waals surface area contributed by atoms with Crippen molar-refractivity contribution in [2.75, 3.05) is 0 Å².